The number of hydrogen-bond donors (Lipinski definition) is 0. The van der Waals surface area contributed by atoms with Gasteiger partial charge in [0.05, 0.1) is 6.10 Å². The van der Waals surface area contributed by atoms with Crippen LogP contribution in [-0.2, 0) is 14.0 Å². The zero-order chi connectivity index (χ0) is 19.9. The van der Waals surface area contributed by atoms with E-state index in [1.807, 2.05) is 6.08 Å². The molecule has 0 bridgehead atoms. The van der Waals surface area contributed by atoms with Gasteiger partial charge < -0.3 is 9.16 Å². The van der Waals surface area contributed by atoms with E-state index < -0.39 is 16.4 Å². The lowest BCUT2D eigenvalue weighted by Crippen LogP contribution is -2.44. The smallest absolute Gasteiger partial charge is 0.302 e. The van der Waals surface area contributed by atoms with Crippen LogP contribution in [0, 0.1) is 11.5 Å². The van der Waals surface area contributed by atoms with Gasteiger partial charge in [0.1, 0.15) is 14.7 Å². The molecular weight excluding hydrogens is 344 g/mol. The number of carbonyl (C=O) groups is 1. The van der Waals surface area contributed by atoms with E-state index in [9.17, 15) is 4.79 Å². The average molecular weight is 383 g/mol. The Labute approximate surface area is 157 Å². The monoisotopic (exact) mass is 382 g/mol. The molecule has 0 aromatic rings. The Bertz CT molecular complexity index is 526. The molecule has 0 fully saturated rings. The topological polar surface area (TPSA) is 35.5 Å². The Morgan fingerprint density at radius 2 is 1.68 bits per heavy atom. The molecule has 0 heterocycles. The lowest BCUT2D eigenvalue weighted by atomic mass is 10.1. The molecule has 5 heteroatoms. The normalized spacial score (nSPS) is 14.6. The molecule has 0 aliphatic carbocycles. The minimum Gasteiger partial charge on any atom is -0.462 e. The summed E-state index contributed by atoms with van der Waals surface area (Å²) >= 11 is 0. The van der Waals surface area contributed by atoms with Gasteiger partial charge in [-0.2, -0.15) is 0 Å². The number of hydrogen-bond acceptors (Lipinski definition) is 3. The maximum absolute atomic E-state index is 11.0. The summed E-state index contributed by atoms with van der Waals surface area (Å²) in [5.41, 5.74) is 4.55. The van der Waals surface area contributed by atoms with Gasteiger partial charge in [-0.15, -0.1) is 11.5 Å². The van der Waals surface area contributed by atoms with E-state index in [1.165, 1.54) is 6.92 Å². The molecule has 0 amide bonds. The van der Waals surface area contributed by atoms with Crippen LogP contribution in [0.25, 0.3) is 0 Å². The van der Waals surface area contributed by atoms with Crippen LogP contribution in [0.15, 0.2) is 11.6 Å². The summed E-state index contributed by atoms with van der Waals surface area (Å²) in [6.07, 6.45) is 3.72. The summed E-state index contributed by atoms with van der Waals surface area (Å²) in [6, 6.07) is 0. The molecule has 0 rings (SSSR count). The molecule has 144 valence electrons. The first kappa shape index (κ1) is 24.2. The third-order valence-corrected chi connectivity index (χ3v) is 9.85. The minimum atomic E-state index is -1.88. The number of ether oxygens (including phenoxy) is 1. The second kappa shape index (κ2) is 9.75. The molecule has 0 unspecified atom stereocenters. The molecule has 0 saturated carbocycles. The molecule has 1 atom stereocenters. The van der Waals surface area contributed by atoms with Crippen molar-refractivity contribution in [2.24, 2.45) is 0 Å². The maximum Gasteiger partial charge on any atom is 0.302 e. The predicted octanol–water partition coefficient (Wildman–Crippen LogP) is 5.55. The Morgan fingerprint density at radius 3 is 2.12 bits per heavy atom. The van der Waals surface area contributed by atoms with Crippen molar-refractivity contribution >= 4 is 22.4 Å². The van der Waals surface area contributed by atoms with Crippen LogP contribution < -0.4 is 0 Å². The highest BCUT2D eigenvalue weighted by Gasteiger charge is 2.39. The predicted molar refractivity (Wildman–Crippen MR) is 113 cm³/mol. The van der Waals surface area contributed by atoms with Crippen molar-refractivity contribution in [3.63, 3.8) is 0 Å². The van der Waals surface area contributed by atoms with Gasteiger partial charge in [-0.05, 0) is 43.1 Å². The van der Waals surface area contributed by atoms with Gasteiger partial charge in [0.15, 0.2) is 8.32 Å². The molecule has 0 spiro atoms. The first-order valence-electron chi connectivity index (χ1n) is 9.13. The summed E-state index contributed by atoms with van der Waals surface area (Å²) in [7, 11) is -3.21. The summed E-state index contributed by atoms with van der Waals surface area (Å²) in [5.74, 6) is 3.09. The van der Waals surface area contributed by atoms with Crippen molar-refractivity contribution in [1.82, 2.24) is 0 Å². The largest absolute Gasteiger partial charge is 0.462 e. The van der Waals surface area contributed by atoms with Gasteiger partial charge in [0, 0.05) is 13.3 Å². The zero-order valence-corrected chi connectivity index (χ0v) is 20.0. The molecule has 3 nitrogen and oxygen atoms in total. The van der Waals surface area contributed by atoms with Gasteiger partial charge in [-0.25, -0.2) is 0 Å². The standard InChI is InChI=1S/C20H38O3Si2/c1-17(14-15-22-18(2)21)19(13-11-12-16-24(6,7)8)23-25(9,10)20(3,4)5/h14,19H,11,13,15H2,1-10H3/b17-14-/t19-/m0/s1. The van der Waals surface area contributed by atoms with Crippen LogP contribution in [0.2, 0.25) is 37.8 Å². The fourth-order valence-electron chi connectivity index (χ4n) is 1.86. The lowest BCUT2D eigenvalue weighted by molar-refractivity contribution is -0.139. The second-order valence-corrected chi connectivity index (χ2v) is 18.7. The highest BCUT2D eigenvalue weighted by atomic mass is 28.4. The van der Waals surface area contributed by atoms with Crippen LogP contribution in [0.1, 0.15) is 47.5 Å². The highest BCUT2D eigenvalue weighted by Crippen LogP contribution is 2.38. The molecular formula is C20H38O3Si2. The molecule has 25 heavy (non-hydrogen) atoms. The summed E-state index contributed by atoms with van der Waals surface area (Å²) in [5, 5.41) is 0.158. The van der Waals surface area contributed by atoms with Crippen molar-refractivity contribution in [1.29, 1.82) is 0 Å². The minimum absolute atomic E-state index is 0.0346. The van der Waals surface area contributed by atoms with E-state index in [1.54, 1.807) is 0 Å². The van der Waals surface area contributed by atoms with Crippen LogP contribution >= 0.6 is 0 Å². The molecule has 0 aromatic heterocycles. The number of carbonyl (C=O) groups excluding carboxylic acids is 1. The molecule has 0 aliphatic rings. The van der Waals surface area contributed by atoms with Crippen molar-refractivity contribution < 1.29 is 14.0 Å². The quantitative estimate of drug-likeness (QED) is 0.251. The van der Waals surface area contributed by atoms with Crippen molar-refractivity contribution in [3.05, 3.63) is 11.6 Å². The van der Waals surface area contributed by atoms with Gasteiger partial charge in [-0.1, -0.05) is 40.4 Å². The van der Waals surface area contributed by atoms with Gasteiger partial charge in [0.25, 0.3) is 0 Å². The van der Waals surface area contributed by atoms with E-state index in [2.05, 4.69) is 71.9 Å². The van der Waals surface area contributed by atoms with Gasteiger partial charge in [-0.3, -0.25) is 4.79 Å². The van der Waals surface area contributed by atoms with E-state index in [0.29, 0.717) is 6.61 Å². The fourth-order valence-corrected chi connectivity index (χ4v) is 3.89. The average Bonchev–Trinajstić information content (AvgIpc) is 2.39. The van der Waals surface area contributed by atoms with E-state index in [0.717, 1.165) is 18.4 Å². The molecule has 0 aliphatic heterocycles. The van der Waals surface area contributed by atoms with E-state index >= 15 is 0 Å². The Hall–Kier alpha value is -0.836. The molecule has 0 radical (unpaired) electrons. The first-order chi connectivity index (χ1) is 11.2. The van der Waals surface area contributed by atoms with E-state index in [-0.39, 0.29) is 17.1 Å². The lowest BCUT2D eigenvalue weighted by Gasteiger charge is -2.39. The second-order valence-electron chi connectivity index (χ2n) is 9.21. The number of rotatable bonds is 7. The van der Waals surface area contributed by atoms with Crippen molar-refractivity contribution in [3.8, 4) is 11.5 Å². The SMILES string of the molecule is CC(=O)OC/C=C(/C)[C@H](CCC#C[Si](C)(C)C)O[Si](C)(C)C(C)(C)C. The zero-order valence-electron chi connectivity index (χ0n) is 18.0. The Kier molecular flexibility index (Phi) is 9.42. The summed E-state index contributed by atoms with van der Waals surface area (Å²) in [4.78, 5) is 11.0. The van der Waals surface area contributed by atoms with Crippen LogP contribution in [0.5, 0.6) is 0 Å². The van der Waals surface area contributed by atoms with Gasteiger partial charge in [0.2, 0.25) is 0 Å². The van der Waals surface area contributed by atoms with Crippen LogP contribution in [-0.4, -0.2) is 35.1 Å². The first-order valence-corrected chi connectivity index (χ1v) is 15.5. The molecule has 0 saturated heterocycles. The van der Waals surface area contributed by atoms with Crippen molar-refractivity contribution in [2.75, 3.05) is 6.61 Å². The summed E-state index contributed by atoms with van der Waals surface area (Å²) in [6.45, 7) is 21.9. The number of esters is 1. The Balaban J connectivity index is 5.16. The maximum atomic E-state index is 11.0. The van der Waals surface area contributed by atoms with Gasteiger partial charge >= 0.3 is 5.97 Å². The van der Waals surface area contributed by atoms with Crippen LogP contribution in [0.3, 0.4) is 0 Å². The third kappa shape index (κ3) is 10.7. The van der Waals surface area contributed by atoms with Crippen molar-refractivity contribution in [2.45, 2.75) is 91.3 Å². The van der Waals surface area contributed by atoms with Crippen LogP contribution in [0.4, 0.5) is 0 Å². The Morgan fingerprint density at radius 1 is 1.12 bits per heavy atom. The molecule has 0 N–H and O–H groups in total. The fraction of sp³-hybridized carbons (Fsp3) is 0.750. The summed E-state index contributed by atoms with van der Waals surface area (Å²) < 4.78 is 11.7. The third-order valence-electron chi connectivity index (χ3n) is 4.44. The molecule has 0 aromatic carbocycles. The van der Waals surface area contributed by atoms with E-state index in [4.69, 9.17) is 9.16 Å². The highest BCUT2D eigenvalue weighted by molar-refractivity contribution is 6.83.